The van der Waals surface area contributed by atoms with Crippen LogP contribution in [0.2, 0.25) is 5.02 Å². The molecule has 2 heterocycles. The summed E-state index contributed by atoms with van der Waals surface area (Å²) in [5, 5.41) is -0.263. The molecule has 0 saturated carbocycles. The fourth-order valence-corrected chi connectivity index (χ4v) is 3.59. The van der Waals surface area contributed by atoms with E-state index in [1.165, 1.54) is 36.4 Å². The van der Waals surface area contributed by atoms with Gasteiger partial charge in [-0.1, -0.05) is 48.0 Å². The van der Waals surface area contributed by atoms with Gasteiger partial charge in [-0.25, -0.2) is 14.4 Å². The molecule has 0 spiro atoms. The van der Waals surface area contributed by atoms with Crippen molar-refractivity contribution >= 4 is 29.4 Å². The van der Waals surface area contributed by atoms with Gasteiger partial charge in [0.2, 0.25) is 6.23 Å². The van der Waals surface area contributed by atoms with E-state index >= 15 is 8.78 Å². The summed E-state index contributed by atoms with van der Waals surface area (Å²) in [6, 6.07) is 15.3. The molecule has 2 N–H and O–H groups in total. The topological polar surface area (TPSA) is 123 Å². The normalized spacial score (nSPS) is 20.8. The predicted molar refractivity (Wildman–Crippen MR) is 119 cm³/mol. The van der Waals surface area contributed by atoms with E-state index in [1.807, 2.05) is 0 Å². The zero-order valence-corrected chi connectivity index (χ0v) is 18.6. The Hall–Kier alpha value is -3.83. The number of nitrogens with zero attached hydrogens (tertiary/aromatic N) is 2. The van der Waals surface area contributed by atoms with Gasteiger partial charge in [-0.3, -0.25) is 4.57 Å². The van der Waals surface area contributed by atoms with E-state index < -0.39 is 48.6 Å². The SMILES string of the molecule is Nc1nc(=O)n([C@H]2O[C@@H](COC(=O)c3ccccc3)[C@H](OC(=O)c3ccccc3)C2(F)F)cc1Cl. The van der Waals surface area contributed by atoms with Crippen molar-refractivity contribution in [1.82, 2.24) is 9.55 Å². The minimum Gasteiger partial charge on any atom is -0.459 e. The van der Waals surface area contributed by atoms with Crippen molar-refractivity contribution in [2.75, 3.05) is 12.3 Å². The smallest absolute Gasteiger partial charge is 0.351 e. The molecule has 1 aliphatic rings. The van der Waals surface area contributed by atoms with Crippen molar-refractivity contribution in [2.45, 2.75) is 24.4 Å². The van der Waals surface area contributed by atoms with Crippen LogP contribution >= 0.6 is 11.6 Å². The molecule has 12 heteroatoms. The Morgan fingerprint density at radius 1 is 1.06 bits per heavy atom. The number of alkyl halides is 2. The molecule has 2 aromatic carbocycles. The van der Waals surface area contributed by atoms with Crippen LogP contribution in [0.3, 0.4) is 0 Å². The van der Waals surface area contributed by atoms with E-state index in [0.29, 0.717) is 4.57 Å². The lowest BCUT2D eigenvalue weighted by Gasteiger charge is -2.24. The molecule has 9 nitrogen and oxygen atoms in total. The number of halogens is 3. The summed E-state index contributed by atoms with van der Waals surface area (Å²) in [6.07, 6.45) is -5.26. The molecule has 3 aromatic rings. The molecule has 0 bridgehead atoms. The monoisotopic (exact) mass is 505 g/mol. The number of anilines is 1. The number of hydrogen-bond donors (Lipinski definition) is 1. The van der Waals surface area contributed by atoms with Crippen LogP contribution in [0.4, 0.5) is 14.6 Å². The van der Waals surface area contributed by atoms with Crippen LogP contribution in [0.25, 0.3) is 0 Å². The van der Waals surface area contributed by atoms with Gasteiger partial charge < -0.3 is 19.9 Å². The van der Waals surface area contributed by atoms with Gasteiger partial charge in [-0.15, -0.1) is 0 Å². The van der Waals surface area contributed by atoms with Crippen LogP contribution in [0.5, 0.6) is 0 Å². The summed E-state index contributed by atoms with van der Waals surface area (Å²) in [7, 11) is 0. The number of carbonyl (C=O) groups excluding carboxylic acids is 2. The molecule has 0 unspecified atom stereocenters. The average molecular weight is 506 g/mol. The molecule has 182 valence electrons. The summed E-state index contributed by atoms with van der Waals surface area (Å²) in [5.74, 6) is -6.16. The Balaban J connectivity index is 1.63. The van der Waals surface area contributed by atoms with E-state index in [4.69, 9.17) is 31.5 Å². The first-order valence-corrected chi connectivity index (χ1v) is 10.6. The minimum absolute atomic E-state index is 0.0149. The summed E-state index contributed by atoms with van der Waals surface area (Å²) in [4.78, 5) is 40.6. The molecular formula is C23H18ClF2N3O6. The molecule has 1 aliphatic heterocycles. The van der Waals surface area contributed by atoms with E-state index in [-0.39, 0.29) is 22.0 Å². The summed E-state index contributed by atoms with van der Waals surface area (Å²) >= 11 is 5.86. The lowest BCUT2D eigenvalue weighted by molar-refractivity contribution is -0.142. The molecule has 4 rings (SSSR count). The van der Waals surface area contributed by atoms with Crippen molar-refractivity contribution in [3.63, 3.8) is 0 Å². The van der Waals surface area contributed by atoms with Gasteiger partial charge >= 0.3 is 23.6 Å². The van der Waals surface area contributed by atoms with Crippen LogP contribution in [0.1, 0.15) is 26.9 Å². The van der Waals surface area contributed by atoms with Crippen LogP contribution in [0, 0.1) is 0 Å². The van der Waals surface area contributed by atoms with Crippen LogP contribution < -0.4 is 11.4 Å². The molecule has 1 fully saturated rings. The fourth-order valence-electron chi connectivity index (χ4n) is 3.45. The molecule has 0 amide bonds. The van der Waals surface area contributed by atoms with E-state index in [9.17, 15) is 14.4 Å². The number of nitrogens with two attached hydrogens (primary N) is 1. The first kappa shape index (κ1) is 24.3. The first-order valence-electron chi connectivity index (χ1n) is 10.2. The average Bonchev–Trinajstić information content (AvgIpc) is 3.10. The van der Waals surface area contributed by atoms with Gasteiger partial charge in [0.15, 0.2) is 6.10 Å². The number of ether oxygens (including phenoxy) is 3. The summed E-state index contributed by atoms with van der Waals surface area (Å²) in [5.41, 5.74) is 4.50. The highest BCUT2D eigenvalue weighted by molar-refractivity contribution is 6.32. The van der Waals surface area contributed by atoms with Crippen LogP contribution in [0.15, 0.2) is 71.7 Å². The Kier molecular flexibility index (Phi) is 6.81. The lowest BCUT2D eigenvalue weighted by Crippen LogP contribution is -2.45. The second-order valence-corrected chi connectivity index (χ2v) is 7.93. The molecule has 35 heavy (non-hydrogen) atoms. The number of benzene rings is 2. The number of hydrogen-bond acceptors (Lipinski definition) is 8. The quantitative estimate of drug-likeness (QED) is 0.507. The molecule has 0 radical (unpaired) electrons. The largest absolute Gasteiger partial charge is 0.459 e. The highest BCUT2D eigenvalue weighted by atomic mass is 35.5. The summed E-state index contributed by atoms with van der Waals surface area (Å²) in [6.45, 7) is -0.697. The van der Waals surface area contributed by atoms with Crippen molar-refractivity contribution in [3.05, 3.63) is 93.5 Å². The molecule has 3 atom stereocenters. The molecule has 1 saturated heterocycles. The second-order valence-electron chi connectivity index (χ2n) is 7.52. The van der Waals surface area contributed by atoms with Crippen LogP contribution in [-0.4, -0.2) is 46.2 Å². The van der Waals surface area contributed by atoms with Gasteiger partial charge in [0.05, 0.1) is 16.1 Å². The minimum atomic E-state index is -3.95. The Bertz CT molecular complexity index is 1290. The van der Waals surface area contributed by atoms with Gasteiger partial charge in [0, 0.05) is 6.20 Å². The number of aromatic nitrogens is 2. The summed E-state index contributed by atoms with van der Waals surface area (Å²) < 4.78 is 47.2. The first-order chi connectivity index (χ1) is 16.7. The fraction of sp³-hybridized carbons (Fsp3) is 0.217. The van der Waals surface area contributed by atoms with E-state index in [1.54, 1.807) is 24.3 Å². The third kappa shape index (κ3) is 5.00. The second kappa shape index (κ2) is 9.80. The Morgan fingerprint density at radius 2 is 1.63 bits per heavy atom. The predicted octanol–water partition coefficient (Wildman–Crippen LogP) is 3.09. The molecule has 1 aromatic heterocycles. The van der Waals surface area contributed by atoms with Crippen molar-refractivity contribution < 1.29 is 32.6 Å². The van der Waals surface area contributed by atoms with Crippen molar-refractivity contribution in [2.24, 2.45) is 0 Å². The van der Waals surface area contributed by atoms with Crippen molar-refractivity contribution in [1.29, 1.82) is 0 Å². The van der Waals surface area contributed by atoms with E-state index in [2.05, 4.69) is 4.98 Å². The maximum absolute atomic E-state index is 15.5. The molecular weight excluding hydrogens is 488 g/mol. The number of carbonyl (C=O) groups is 2. The highest BCUT2D eigenvalue weighted by Gasteiger charge is 2.63. The lowest BCUT2D eigenvalue weighted by atomic mass is 10.1. The third-order valence-corrected chi connectivity index (χ3v) is 5.46. The number of nitrogen functional groups attached to an aromatic ring is 1. The standard InChI is InChI=1S/C23H18ClF2N3O6/c24-15-11-29(22(32)28-18(15)27)21-23(25,26)17(35-20(31)14-9-5-2-6-10-14)16(34-21)12-33-19(30)13-7-3-1-4-8-13/h1-11,16-17,21H,12H2,(H2,27,28,32)/t16-,17-,21-/m0/s1. The van der Waals surface area contributed by atoms with Gasteiger partial charge in [0.25, 0.3) is 0 Å². The number of rotatable bonds is 6. The zero-order chi connectivity index (χ0) is 25.2. The van der Waals surface area contributed by atoms with Crippen molar-refractivity contribution in [3.8, 4) is 0 Å². The van der Waals surface area contributed by atoms with Gasteiger partial charge in [-0.05, 0) is 24.3 Å². The Labute approximate surface area is 202 Å². The third-order valence-electron chi connectivity index (χ3n) is 5.17. The van der Waals surface area contributed by atoms with Gasteiger partial charge in [-0.2, -0.15) is 13.8 Å². The maximum atomic E-state index is 15.5. The Morgan fingerprint density at radius 3 is 2.23 bits per heavy atom. The highest BCUT2D eigenvalue weighted by Crippen LogP contribution is 2.44. The number of esters is 2. The van der Waals surface area contributed by atoms with E-state index in [0.717, 1.165) is 6.20 Å². The van der Waals surface area contributed by atoms with Gasteiger partial charge in [0.1, 0.15) is 18.5 Å². The zero-order valence-electron chi connectivity index (χ0n) is 17.8. The van der Waals surface area contributed by atoms with Crippen LogP contribution in [-0.2, 0) is 14.2 Å². The molecule has 0 aliphatic carbocycles. The maximum Gasteiger partial charge on any atom is 0.351 e.